The summed E-state index contributed by atoms with van der Waals surface area (Å²) in [6, 6.07) is 18.8. The number of nitrogens with zero attached hydrogens (tertiary/aromatic N) is 2. The molecule has 2 aromatic carbocycles. The maximum absolute atomic E-state index is 13.3. The lowest BCUT2D eigenvalue weighted by atomic mass is 10.0. The predicted octanol–water partition coefficient (Wildman–Crippen LogP) is 4.09. The summed E-state index contributed by atoms with van der Waals surface area (Å²) >= 11 is 0. The first-order valence-electron chi connectivity index (χ1n) is 9.44. The number of carbonyl (C=O) groups excluding carboxylic acids is 2. The van der Waals surface area contributed by atoms with Crippen LogP contribution >= 0.6 is 0 Å². The number of hydrogen-bond acceptors (Lipinski definition) is 4. The van der Waals surface area contributed by atoms with E-state index in [1.165, 1.54) is 4.90 Å². The molecule has 0 radical (unpaired) electrons. The van der Waals surface area contributed by atoms with Gasteiger partial charge in [-0.3, -0.25) is 19.5 Å². The van der Waals surface area contributed by atoms with Crippen LogP contribution in [0.3, 0.4) is 0 Å². The summed E-state index contributed by atoms with van der Waals surface area (Å²) in [4.78, 5) is 31.8. The molecule has 144 valence electrons. The molecule has 0 aliphatic carbocycles. The van der Waals surface area contributed by atoms with Crippen LogP contribution in [0.4, 0.5) is 5.69 Å². The number of nitrogens with one attached hydrogen (secondary N) is 1. The van der Waals surface area contributed by atoms with Gasteiger partial charge in [0.1, 0.15) is 5.70 Å². The maximum Gasteiger partial charge on any atom is 0.278 e. The highest BCUT2D eigenvalue weighted by Crippen LogP contribution is 2.32. The lowest BCUT2D eigenvalue weighted by Crippen LogP contribution is -2.32. The first-order chi connectivity index (χ1) is 14.1. The van der Waals surface area contributed by atoms with Gasteiger partial charge in [-0.1, -0.05) is 42.5 Å². The lowest BCUT2D eigenvalue weighted by molar-refractivity contribution is -0.137. The normalized spacial score (nSPS) is 13.9. The minimum absolute atomic E-state index is 0.203. The fourth-order valence-corrected chi connectivity index (χ4v) is 3.40. The molecule has 1 aliphatic rings. The van der Waals surface area contributed by atoms with E-state index in [2.05, 4.69) is 10.3 Å². The zero-order valence-corrected chi connectivity index (χ0v) is 16.3. The first kappa shape index (κ1) is 18.6. The van der Waals surface area contributed by atoms with E-state index in [-0.39, 0.29) is 18.4 Å². The van der Waals surface area contributed by atoms with Crippen molar-refractivity contribution in [3.05, 3.63) is 101 Å². The molecule has 0 atom stereocenters. The van der Waals surface area contributed by atoms with Gasteiger partial charge in [0.25, 0.3) is 11.8 Å². The largest absolute Gasteiger partial charge is 0.350 e. The van der Waals surface area contributed by atoms with E-state index in [9.17, 15) is 9.59 Å². The van der Waals surface area contributed by atoms with Gasteiger partial charge in [0.05, 0.1) is 12.1 Å². The zero-order chi connectivity index (χ0) is 20.4. The van der Waals surface area contributed by atoms with Crippen molar-refractivity contribution in [2.45, 2.75) is 20.4 Å². The van der Waals surface area contributed by atoms with E-state index < -0.39 is 0 Å². The summed E-state index contributed by atoms with van der Waals surface area (Å²) < 4.78 is 0. The van der Waals surface area contributed by atoms with Crippen LogP contribution in [-0.4, -0.2) is 21.7 Å². The van der Waals surface area contributed by atoms with Gasteiger partial charge in [0.15, 0.2) is 0 Å². The molecule has 0 bridgehead atoms. The van der Waals surface area contributed by atoms with E-state index in [4.69, 9.17) is 0 Å². The van der Waals surface area contributed by atoms with Crippen molar-refractivity contribution in [2.24, 2.45) is 0 Å². The van der Waals surface area contributed by atoms with Crippen LogP contribution in [0.1, 0.15) is 22.3 Å². The Morgan fingerprint density at radius 2 is 1.59 bits per heavy atom. The molecule has 0 spiro atoms. The molecule has 1 aromatic heterocycles. The average molecular weight is 383 g/mol. The Morgan fingerprint density at radius 1 is 0.862 bits per heavy atom. The van der Waals surface area contributed by atoms with Gasteiger partial charge in [0.2, 0.25) is 0 Å². The summed E-state index contributed by atoms with van der Waals surface area (Å²) in [5.74, 6) is -0.627. The van der Waals surface area contributed by atoms with Crippen molar-refractivity contribution in [1.82, 2.24) is 9.88 Å². The maximum atomic E-state index is 13.3. The van der Waals surface area contributed by atoms with Gasteiger partial charge in [-0.15, -0.1) is 0 Å². The van der Waals surface area contributed by atoms with E-state index in [0.717, 1.165) is 27.9 Å². The Labute approximate surface area is 169 Å². The molecule has 1 aliphatic heterocycles. The minimum Gasteiger partial charge on any atom is -0.350 e. The third-order valence-corrected chi connectivity index (χ3v) is 5.18. The number of hydrogen-bond donors (Lipinski definition) is 1. The molecule has 1 N–H and O–H groups in total. The van der Waals surface area contributed by atoms with Crippen molar-refractivity contribution < 1.29 is 9.59 Å². The van der Waals surface area contributed by atoms with Gasteiger partial charge < -0.3 is 5.32 Å². The predicted molar refractivity (Wildman–Crippen MR) is 113 cm³/mol. The molecule has 5 heteroatoms. The topological polar surface area (TPSA) is 62.3 Å². The number of carbonyl (C=O) groups is 2. The number of aryl methyl sites for hydroxylation is 1. The molecule has 0 fully saturated rings. The van der Waals surface area contributed by atoms with Crippen molar-refractivity contribution in [2.75, 3.05) is 5.32 Å². The molecule has 0 saturated heterocycles. The summed E-state index contributed by atoms with van der Waals surface area (Å²) in [7, 11) is 0. The van der Waals surface area contributed by atoms with Crippen LogP contribution in [-0.2, 0) is 16.1 Å². The summed E-state index contributed by atoms with van der Waals surface area (Å²) in [6.45, 7) is 4.22. The standard InChI is InChI=1S/C24H21N3O2/c1-16-7-6-10-20(17(16)2)26-22-21(19-8-4-3-5-9-19)23(28)27(24(22)29)15-18-11-13-25-14-12-18/h3-14,26H,15H2,1-2H3. The van der Waals surface area contributed by atoms with Crippen LogP contribution in [0.2, 0.25) is 0 Å². The van der Waals surface area contributed by atoms with E-state index in [0.29, 0.717) is 11.3 Å². The van der Waals surface area contributed by atoms with Gasteiger partial charge in [-0.05, 0) is 54.3 Å². The van der Waals surface area contributed by atoms with Crippen molar-refractivity contribution >= 4 is 23.1 Å². The Hall–Kier alpha value is -3.73. The first-order valence-corrected chi connectivity index (χ1v) is 9.44. The summed E-state index contributed by atoms with van der Waals surface area (Å²) in [5.41, 5.74) is 5.25. The molecule has 29 heavy (non-hydrogen) atoms. The van der Waals surface area contributed by atoms with Gasteiger partial charge >= 0.3 is 0 Å². The van der Waals surface area contributed by atoms with Gasteiger partial charge in [-0.2, -0.15) is 0 Å². The van der Waals surface area contributed by atoms with Crippen LogP contribution in [0.25, 0.3) is 5.57 Å². The lowest BCUT2D eigenvalue weighted by Gasteiger charge is -2.16. The molecule has 2 heterocycles. The monoisotopic (exact) mass is 383 g/mol. The Morgan fingerprint density at radius 3 is 2.31 bits per heavy atom. The number of amides is 2. The van der Waals surface area contributed by atoms with Crippen molar-refractivity contribution in [1.29, 1.82) is 0 Å². The Kier molecular flexibility index (Phi) is 4.96. The average Bonchev–Trinajstić information content (AvgIpc) is 2.97. The highest BCUT2D eigenvalue weighted by Gasteiger charge is 2.39. The highest BCUT2D eigenvalue weighted by atomic mass is 16.2. The SMILES string of the molecule is Cc1cccc(NC2=C(c3ccccc3)C(=O)N(Cc3ccncc3)C2=O)c1C. The third-order valence-electron chi connectivity index (χ3n) is 5.18. The molecular weight excluding hydrogens is 362 g/mol. The van der Waals surface area contributed by atoms with Gasteiger partial charge in [-0.25, -0.2) is 0 Å². The molecule has 3 aromatic rings. The second-order valence-corrected chi connectivity index (χ2v) is 7.04. The molecule has 0 saturated carbocycles. The molecular formula is C24H21N3O2. The number of benzene rings is 2. The number of imide groups is 1. The van der Waals surface area contributed by atoms with Gasteiger partial charge in [0, 0.05) is 18.1 Å². The Balaban J connectivity index is 1.76. The van der Waals surface area contributed by atoms with Crippen LogP contribution in [0.15, 0.2) is 78.8 Å². The third kappa shape index (κ3) is 3.55. The zero-order valence-electron chi connectivity index (χ0n) is 16.3. The number of aromatic nitrogens is 1. The van der Waals surface area contributed by atoms with Crippen LogP contribution in [0.5, 0.6) is 0 Å². The van der Waals surface area contributed by atoms with E-state index in [1.807, 2.05) is 62.4 Å². The quantitative estimate of drug-likeness (QED) is 0.674. The minimum atomic E-state index is -0.327. The molecule has 0 unspecified atom stereocenters. The summed E-state index contributed by atoms with van der Waals surface area (Å²) in [5, 5.41) is 3.25. The van der Waals surface area contributed by atoms with Crippen molar-refractivity contribution in [3.8, 4) is 0 Å². The fraction of sp³-hybridized carbons (Fsp3) is 0.125. The fourth-order valence-electron chi connectivity index (χ4n) is 3.40. The molecule has 2 amide bonds. The van der Waals surface area contributed by atoms with Crippen LogP contribution in [0, 0.1) is 13.8 Å². The van der Waals surface area contributed by atoms with E-state index >= 15 is 0 Å². The summed E-state index contributed by atoms with van der Waals surface area (Å²) in [6.07, 6.45) is 3.31. The molecule has 5 nitrogen and oxygen atoms in total. The highest BCUT2D eigenvalue weighted by molar-refractivity contribution is 6.36. The molecule has 4 rings (SSSR count). The second-order valence-electron chi connectivity index (χ2n) is 7.04. The van der Waals surface area contributed by atoms with E-state index in [1.54, 1.807) is 24.5 Å². The smallest absolute Gasteiger partial charge is 0.278 e. The number of anilines is 1. The number of pyridine rings is 1. The van der Waals surface area contributed by atoms with Crippen LogP contribution < -0.4 is 5.32 Å². The number of rotatable bonds is 5. The second kappa shape index (κ2) is 7.72. The van der Waals surface area contributed by atoms with Crippen molar-refractivity contribution in [3.63, 3.8) is 0 Å². The Bertz CT molecular complexity index is 1110.